The Balaban J connectivity index is 0.00000264. The molecule has 5 nitrogen and oxygen atoms in total. The SMILES string of the molecule is CCCCC(CN)NC(=O)c1ccc(NC(=O)C2CC2)cc1.Cl. The summed E-state index contributed by atoms with van der Waals surface area (Å²) in [4.78, 5) is 23.8. The molecule has 2 amide bonds. The van der Waals surface area contributed by atoms with Gasteiger partial charge in [0.2, 0.25) is 5.91 Å². The molecule has 1 aliphatic carbocycles. The van der Waals surface area contributed by atoms with Gasteiger partial charge in [-0.2, -0.15) is 0 Å². The van der Waals surface area contributed by atoms with Gasteiger partial charge in [-0.1, -0.05) is 19.8 Å². The number of unbranched alkanes of at least 4 members (excludes halogenated alkanes) is 1. The normalized spacial score (nSPS) is 14.5. The van der Waals surface area contributed by atoms with Crippen LogP contribution in [0.3, 0.4) is 0 Å². The molecular formula is C17H26ClN3O2. The minimum absolute atomic E-state index is 0. The van der Waals surface area contributed by atoms with E-state index in [1.807, 2.05) is 0 Å². The number of hydrogen-bond donors (Lipinski definition) is 3. The summed E-state index contributed by atoms with van der Waals surface area (Å²) < 4.78 is 0. The van der Waals surface area contributed by atoms with E-state index in [1.54, 1.807) is 24.3 Å². The van der Waals surface area contributed by atoms with Crippen molar-refractivity contribution in [1.29, 1.82) is 0 Å². The molecule has 1 saturated carbocycles. The number of halogens is 1. The van der Waals surface area contributed by atoms with E-state index in [0.29, 0.717) is 12.1 Å². The Kier molecular flexibility index (Phi) is 8.06. The van der Waals surface area contributed by atoms with Gasteiger partial charge >= 0.3 is 0 Å². The molecule has 0 heterocycles. The van der Waals surface area contributed by atoms with Crippen molar-refractivity contribution in [3.05, 3.63) is 29.8 Å². The number of amides is 2. The third-order valence-corrected chi connectivity index (χ3v) is 3.89. The number of nitrogens with two attached hydrogens (primary N) is 1. The van der Waals surface area contributed by atoms with Gasteiger partial charge < -0.3 is 16.4 Å². The Morgan fingerprint density at radius 3 is 2.43 bits per heavy atom. The first-order valence-corrected chi connectivity index (χ1v) is 8.06. The molecule has 0 bridgehead atoms. The van der Waals surface area contributed by atoms with E-state index in [2.05, 4.69) is 17.6 Å². The van der Waals surface area contributed by atoms with Crippen LogP contribution >= 0.6 is 12.4 Å². The molecule has 0 radical (unpaired) electrons. The molecule has 0 aromatic heterocycles. The molecule has 1 unspecified atom stereocenters. The average Bonchev–Trinajstić information content (AvgIpc) is 3.36. The lowest BCUT2D eigenvalue weighted by atomic mass is 10.1. The van der Waals surface area contributed by atoms with Crippen LogP contribution in [0.15, 0.2) is 24.3 Å². The molecule has 0 aliphatic heterocycles. The van der Waals surface area contributed by atoms with Crippen LogP contribution < -0.4 is 16.4 Å². The van der Waals surface area contributed by atoms with Crippen LogP contribution in [0.1, 0.15) is 49.4 Å². The Labute approximate surface area is 143 Å². The van der Waals surface area contributed by atoms with Gasteiger partial charge in [0.25, 0.3) is 5.91 Å². The molecule has 6 heteroatoms. The van der Waals surface area contributed by atoms with Crippen LogP contribution in [0.2, 0.25) is 0 Å². The first kappa shape index (κ1) is 19.5. The largest absolute Gasteiger partial charge is 0.348 e. The van der Waals surface area contributed by atoms with Gasteiger partial charge in [-0.3, -0.25) is 9.59 Å². The van der Waals surface area contributed by atoms with Crippen molar-refractivity contribution in [2.75, 3.05) is 11.9 Å². The third kappa shape index (κ3) is 6.20. The minimum atomic E-state index is -0.119. The van der Waals surface area contributed by atoms with Crippen LogP contribution in [0.4, 0.5) is 5.69 Å². The molecule has 0 spiro atoms. The molecule has 1 atom stereocenters. The second-order valence-electron chi connectivity index (χ2n) is 5.89. The van der Waals surface area contributed by atoms with Crippen LogP contribution in [0.5, 0.6) is 0 Å². The van der Waals surface area contributed by atoms with Crippen molar-refractivity contribution >= 4 is 29.9 Å². The van der Waals surface area contributed by atoms with Gasteiger partial charge in [-0.25, -0.2) is 0 Å². The molecule has 4 N–H and O–H groups in total. The number of carbonyl (C=O) groups excluding carboxylic acids is 2. The highest BCUT2D eigenvalue weighted by Crippen LogP contribution is 2.30. The first-order chi connectivity index (χ1) is 10.6. The quantitative estimate of drug-likeness (QED) is 0.680. The maximum absolute atomic E-state index is 12.2. The summed E-state index contributed by atoms with van der Waals surface area (Å²) in [5.41, 5.74) is 7.00. The molecule has 1 aliphatic rings. The summed E-state index contributed by atoms with van der Waals surface area (Å²) in [6.45, 7) is 2.56. The van der Waals surface area contributed by atoms with Gasteiger partial charge in [-0.05, 0) is 43.5 Å². The molecule has 128 valence electrons. The number of carbonyl (C=O) groups is 2. The lowest BCUT2D eigenvalue weighted by Gasteiger charge is -2.16. The molecular weight excluding hydrogens is 314 g/mol. The van der Waals surface area contributed by atoms with Crippen molar-refractivity contribution in [3.8, 4) is 0 Å². The summed E-state index contributed by atoms with van der Waals surface area (Å²) >= 11 is 0. The Morgan fingerprint density at radius 1 is 1.26 bits per heavy atom. The molecule has 1 aromatic rings. The van der Waals surface area contributed by atoms with E-state index in [9.17, 15) is 9.59 Å². The second-order valence-corrected chi connectivity index (χ2v) is 5.89. The molecule has 0 saturated heterocycles. The van der Waals surface area contributed by atoms with E-state index in [4.69, 9.17) is 5.73 Å². The molecule has 1 aromatic carbocycles. The van der Waals surface area contributed by atoms with E-state index in [0.717, 1.165) is 37.8 Å². The molecule has 1 fully saturated rings. The van der Waals surface area contributed by atoms with Gasteiger partial charge in [0.1, 0.15) is 0 Å². The van der Waals surface area contributed by atoms with Crippen LogP contribution in [0.25, 0.3) is 0 Å². The molecule has 23 heavy (non-hydrogen) atoms. The van der Waals surface area contributed by atoms with Crippen LogP contribution in [0, 0.1) is 5.92 Å². The zero-order valence-electron chi connectivity index (χ0n) is 13.5. The fourth-order valence-electron chi connectivity index (χ4n) is 2.26. The average molecular weight is 340 g/mol. The number of hydrogen-bond acceptors (Lipinski definition) is 3. The number of benzene rings is 1. The van der Waals surface area contributed by atoms with Crippen molar-refractivity contribution in [1.82, 2.24) is 5.32 Å². The van der Waals surface area contributed by atoms with Crippen molar-refractivity contribution in [3.63, 3.8) is 0 Å². The Hall–Kier alpha value is -1.59. The number of nitrogens with one attached hydrogen (secondary N) is 2. The van der Waals surface area contributed by atoms with E-state index in [-0.39, 0.29) is 36.2 Å². The number of rotatable bonds is 8. The summed E-state index contributed by atoms with van der Waals surface area (Å²) in [7, 11) is 0. The first-order valence-electron chi connectivity index (χ1n) is 8.06. The summed E-state index contributed by atoms with van der Waals surface area (Å²) in [6, 6.07) is 7.00. The lowest BCUT2D eigenvalue weighted by molar-refractivity contribution is -0.117. The van der Waals surface area contributed by atoms with E-state index < -0.39 is 0 Å². The standard InChI is InChI=1S/C17H25N3O2.ClH/c1-2-3-4-15(11-18)20-17(22)13-7-9-14(10-8-13)19-16(21)12-5-6-12;/h7-10,12,15H,2-6,11,18H2,1H3,(H,19,21)(H,20,22);1H. The fourth-order valence-corrected chi connectivity index (χ4v) is 2.26. The van der Waals surface area contributed by atoms with Gasteiger partial charge in [-0.15, -0.1) is 12.4 Å². The highest BCUT2D eigenvalue weighted by Gasteiger charge is 2.29. The van der Waals surface area contributed by atoms with Crippen molar-refractivity contribution in [2.45, 2.75) is 45.1 Å². The Morgan fingerprint density at radius 2 is 1.91 bits per heavy atom. The second kappa shape index (κ2) is 9.53. The summed E-state index contributed by atoms with van der Waals surface area (Å²) in [5, 5.41) is 5.81. The van der Waals surface area contributed by atoms with Gasteiger partial charge in [0.05, 0.1) is 0 Å². The highest BCUT2D eigenvalue weighted by atomic mass is 35.5. The van der Waals surface area contributed by atoms with Gasteiger partial charge in [0, 0.05) is 29.8 Å². The predicted molar refractivity (Wildman–Crippen MR) is 94.9 cm³/mol. The zero-order chi connectivity index (χ0) is 15.9. The topological polar surface area (TPSA) is 84.2 Å². The maximum atomic E-state index is 12.2. The summed E-state index contributed by atoms with van der Waals surface area (Å²) in [5.74, 6) is 0.124. The lowest BCUT2D eigenvalue weighted by Crippen LogP contribution is -2.40. The minimum Gasteiger partial charge on any atom is -0.348 e. The zero-order valence-corrected chi connectivity index (χ0v) is 14.3. The van der Waals surface area contributed by atoms with E-state index >= 15 is 0 Å². The van der Waals surface area contributed by atoms with E-state index in [1.165, 1.54) is 0 Å². The number of anilines is 1. The third-order valence-electron chi connectivity index (χ3n) is 3.89. The monoisotopic (exact) mass is 339 g/mol. The fraction of sp³-hybridized carbons (Fsp3) is 0.529. The maximum Gasteiger partial charge on any atom is 0.251 e. The van der Waals surface area contributed by atoms with Crippen molar-refractivity contribution < 1.29 is 9.59 Å². The van der Waals surface area contributed by atoms with Crippen LogP contribution in [-0.4, -0.2) is 24.4 Å². The van der Waals surface area contributed by atoms with Crippen molar-refractivity contribution in [2.24, 2.45) is 11.7 Å². The highest BCUT2D eigenvalue weighted by molar-refractivity contribution is 5.96. The van der Waals surface area contributed by atoms with Crippen LogP contribution in [-0.2, 0) is 4.79 Å². The smallest absolute Gasteiger partial charge is 0.251 e. The Bertz CT molecular complexity index is 515. The summed E-state index contributed by atoms with van der Waals surface area (Å²) in [6.07, 6.45) is 4.99. The predicted octanol–water partition coefficient (Wildman–Crippen LogP) is 2.70. The molecule has 2 rings (SSSR count). The van der Waals surface area contributed by atoms with Gasteiger partial charge in [0.15, 0.2) is 0 Å².